The van der Waals surface area contributed by atoms with E-state index in [4.69, 9.17) is 9.84 Å². The molecular formula is C10H13N5O4S. The number of aliphatic hydroxyl groups excluding tert-OH is 3. The molecular weight excluding hydrogens is 286 g/mol. The zero-order chi connectivity index (χ0) is 14.3. The van der Waals surface area contributed by atoms with Crippen molar-refractivity contribution in [2.45, 2.75) is 29.6 Å². The van der Waals surface area contributed by atoms with Gasteiger partial charge in [0.15, 0.2) is 11.9 Å². The van der Waals surface area contributed by atoms with Gasteiger partial charge < -0.3 is 20.1 Å². The summed E-state index contributed by atoms with van der Waals surface area (Å²) in [6.07, 6.45) is -0.786. The molecule has 0 bridgehead atoms. The Labute approximate surface area is 117 Å². The van der Waals surface area contributed by atoms with Crippen molar-refractivity contribution in [3.05, 3.63) is 6.33 Å². The van der Waals surface area contributed by atoms with Crippen molar-refractivity contribution >= 4 is 22.9 Å². The first kappa shape index (κ1) is 13.6. The predicted octanol–water partition coefficient (Wildman–Crippen LogP) is -1.45. The van der Waals surface area contributed by atoms with Crippen LogP contribution >= 0.6 is 11.8 Å². The lowest BCUT2D eigenvalue weighted by molar-refractivity contribution is -0.0511. The third-order valence-electron chi connectivity index (χ3n) is 3.23. The lowest BCUT2D eigenvalue weighted by Crippen LogP contribution is -2.33. The highest BCUT2D eigenvalue weighted by molar-refractivity contribution is 7.98. The number of imidazole rings is 1. The average molecular weight is 299 g/mol. The second-order valence-electron chi connectivity index (χ2n) is 4.35. The van der Waals surface area contributed by atoms with Gasteiger partial charge in [0.2, 0.25) is 0 Å². The highest BCUT2D eigenvalue weighted by atomic mass is 32.2. The molecule has 1 aliphatic rings. The number of hydrogen-bond donors (Lipinski definition) is 3. The molecule has 0 unspecified atom stereocenters. The molecule has 3 rings (SSSR count). The van der Waals surface area contributed by atoms with Gasteiger partial charge >= 0.3 is 0 Å². The van der Waals surface area contributed by atoms with Crippen LogP contribution in [0.4, 0.5) is 0 Å². The second kappa shape index (κ2) is 5.22. The fraction of sp³-hybridized carbons (Fsp3) is 0.600. The Hall–Kier alpha value is -1.33. The molecule has 2 aromatic rings. The van der Waals surface area contributed by atoms with Gasteiger partial charge in [-0.05, 0) is 11.5 Å². The van der Waals surface area contributed by atoms with Gasteiger partial charge in [0, 0.05) is 0 Å². The Bertz CT molecular complexity index is 623. The zero-order valence-electron chi connectivity index (χ0n) is 10.5. The molecule has 0 amide bonds. The molecule has 3 heterocycles. The maximum Gasteiger partial charge on any atom is 0.189 e. The van der Waals surface area contributed by atoms with E-state index in [-0.39, 0.29) is 6.61 Å². The highest BCUT2D eigenvalue weighted by Crippen LogP contribution is 2.32. The number of hydrogen-bond acceptors (Lipinski definition) is 9. The molecule has 0 radical (unpaired) electrons. The summed E-state index contributed by atoms with van der Waals surface area (Å²) in [6, 6.07) is 0. The van der Waals surface area contributed by atoms with Crippen LogP contribution in [0.5, 0.6) is 0 Å². The highest BCUT2D eigenvalue weighted by Gasteiger charge is 2.44. The molecule has 0 saturated carbocycles. The summed E-state index contributed by atoms with van der Waals surface area (Å²) in [7, 11) is 0. The lowest BCUT2D eigenvalue weighted by Gasteiger charge is -2.16. The first-order chi connectivity index (χ1) is 9.67. The van der Waals surface area contributed by atoms with Crippen LogP contribution in [-0.2, 0) is 4.74 Å². The van der Waals surface area contributed by atoms with Crippen LogP contribution in [0.3, 0.4) is 0 Å². The van der Waals surface area contributed by atoms with Crippen molar-refractivity contribution in [2.24, 2.45) is 0 Å². The molecule has 108 valence electrons. The van der Waals surface area contributed by atoms with E-state index in [9.17, 15) is 10.2 Å². The van der Waals surface area contributed by atoms with Gasteiger partial charge in [-0.15, -0.1) is 22.0 Å². The van der Waals surface area contributed by atoms with E-state index in [2.05, 4.69) is 20.4 Å². The van der Waals surface area contributed by atoms with E-state index in [1.165, 1.54) is 22.7 Å². The van der Waals surface area contributed by atoms with Crippen LogP contribution in [-0.4, -0.2) is 71.5 Å². The molecule has 0 aliphatic carbocycles. The van der Waals surface area contributed by atoms with E-state index >= 15 is 0 Å². The fourth-order valence-electron chi connectivity index (χ4n) is 2.19. The van der Waals surface area contributed by atoms with Crippen LogP contribution in [0, 0.1) is 0 Å². The first-order valence-corrected chi connectivity index (χ1v) is 7.12. The minimum Gasteiger partial charge on any atom is -0.394 e. The smallest absolute Gasteiger partial charge is 0.189 e. The average Bonchev–Trinajstić information content (AvgIpc) is 3.01. The summed E-state index contributed by atoms with van der Waals surface area (Å²) in [6.45, 7) is -0.384. The van der Waals surface area contributed by atoms with Crippen LogP contribution in [0.25, 0.3) is 11.2 Å². The standard InChI is InChI=1S/C10H13N5O4S/c1-20-9-5-8(12-14-13-9)15(3-11-5)10-7(18)6(17)4(2-16)19-10/h3-4,6-7,10,16-18H,2H2,1H3/t4-,6-,7-,10-/m1/s1. The molecule has 0 spiro atoms. The molecule has 9 nitrogen and oxygen atoms in total. The number of fused-ring (bicyclic) bond motifs is 1. The summed E-state index contributed by atoms with van der Waals surface area (Å²) in [4.78, 5) is 4.19. The Morgan fingerprint density at radius 2 is 2.15 bits per heavy atom. The molecule has 1 aliphatic heterocycles. The topological polar surface area (TPSA) is 126 Å². The molecule has 2 aromatic heterocycles. The number of nitrogens with zero attached hydrogens (tertiary/aromatic N) is 5. The van der Waals surface area contributed by atoms with Crippen molar-refractivity contribution in [3.63, 3.8) is 0 Å². The van der Waals surface area contributed by atoms with E-state index in [0.29, 0.717) is 16.2 Å². The summed E-state index contributed by atoms with van der Waals surface area (Å²) in [5, 5.41) is 40.9. The predicted molar refractivity (Wildman–Crippen MR) is 67.9 cm³/mol. The number of aliphatic hydroxyl groups is 3. The van der Waals surface area contributed by atoms with Crippen molar-refractivity contribution in [1.82, 2.24) is 25.0 Å². The Morgan fingerprint density at radius 1 is 1.35 bits per heavy atom. The Morgan fingerprint density at radius 3 is 2.80 bits per heavy atom. The van der Waals surface area contributed by atoms with E-state index < -0.39 is 24.5 Å². The quantitative estimate of drug-likeness (QED) is 0.583. The summed E-state index contributed by atoms with van der Waals surface area (Å²) in [5.41, 5.74) is 0.949. The van der Waals surface area contributed by atoms with Gasteiger partial charge in [-0.2, -0.15) is 0 Å². The van der Waals surface area contributed by atoms with E-state index in [1.54, 1.807) is 0 Å². The van der Waals surface area contributed by atoms with Crippen molar-refractivity contribution < 1.29 is 20.1 Å². The van der Waals surface area contributed by atoms with Gasteiger partial charge in [-0.1, -0.05) is 0 Å². The van der Waals surface area contributed by atoms with Crippen LogP contribution in [0.15, 0.2) is 11.4 Å². The fourth-order valence-corrected chi connectivity index (χ4v) is 2.65. The van der Waals surface area contributed by atoms with E-state index in [1.807, 2.05) is 6.26 Å². The second-order valence-corrected chi connectivity index (χ2v) is 5.15. The van der Waals surface area contributed by atoms with Crippen molar-refractivity contribution in [1.29, 1.82) is 0 Å². The molecule has 1 fully saturated rings. The van der Waals surface area contributed by atoms with Gasteiger partial charge in [-0.3, -0.25) is 4.57 Å². The first-order valence-electron chi connectivity index (χ1n) is 5.89. The largest absolute Gasteiger partial charge is 0.394 e. The third kappa shape index (κ3) is 1.96. The third-order valence-corrected chi connectivity index (χ3v) is 3.89. The normalized spacial score (nSPS) is 30.2. The number of ether oxygens (including phenoxy) is 1. The van der Waals surface area contributed by atoms with Gasteiger partial charge in [0.25, 0.3) is 0 Å². The SMILES string of the molecule is CSc1nnnc2c1ncn2[C@@H]1O[C@H](CO)[C@@H](O)[C@H]1O. The maximum atomic E-state index is 10.0. The maximum absolute atomic E-state index is 10.0. The minimum absolute atomic E-state index is 0.384. The summed E-state index contributed by atoms with van der Waals surface area (Å²) >= 11 is 1.38. The molecule has 3 N–H and O–H groups in total. The summed E-state index contributed by atoms with van der Waals surface area (Å²) in [5.74, 6) is 0. The summed E-state index contributed by atoms with van der Waals surface area (Å²) < 4.78 is 6.92. The van der Waals surface area contributed by atoms with Crippen molar-refractivity contribution in [2.75, 3.05) is 12.9 Å². The molecule has 20 heavy (non-hydrogen) atoms. The van der Waals surface area contributed by atoms with Crippen LogP contribution < -0.4 is 0 Å². The molecule has 4 atom stereocenters. The van der Waals surface area contributed by atoms with Crippen molar-refractivity contribution in [3.8, 4) is 0 Å². The Balaban J connectivity index is 2.03. The van der Waals surface area contributed by atoms with Gasteiger partial charge in [0.05, 0.1) is 12.9 Å². The molecule has 10 heteroatoms. The van der Waals surface area contributed by atoms with Crippen LogP contribution in [0.1, 0.15) is 6.23 Å². The zero-order valence-corrected chi connectivity index (χ0v) is 11.3. The lowest BCUT2D eigenvalue weighted by atomic mass is 10.1. The monoisotopic (exact) mass is 299 g/mol. The number of aromatic nitrogens is 5. The number of thioether (sulfide) groups is 1. The Kier molecular flexibility index (Phi) is 3.56. The molecule has 1 saturated heterocycles. The van der Waals surface area contributed by atoms with E-state index in [0.717, 1.165) is 0 Å². The van der Waals surface area contributed by atoms with Gasteiger partial charge in [-0.25, -0.2) is 4.98 Å². The van der Waals surface area contributed by atoms with Gasteiger partial charge in [0.1, 0.15) is 28.9 Å². The molecule has 0 aromatic carbocycles. The minimum atomic E-state index is -1.18. The number of rotatable bonds is 3. The van der Waals surface area contributed by atoms with Crippen LogP contribution in [0.2, 0.25) is 0 Å².